The summed E-state index contributed by atoms with van der Waals surface area (Å²) in [6, 6.07) is 4.71. The van der Waals surface area contributed by atoms with E-state index in [9.17, 15) is 10.1 Å². The van der Waals surface area contributed by atoms with Crippen LogP contribution in [0, 0.1) is 10.1 Å². The molecular weight excluding hydrogens is 256 g/mol. The molecule has 98 valence electrons. The van der Waals surface area contributed by atoms with Gasteiger partial charge in [-0.25, -0.2) is 0 Å². The van der Waals surface area contributed by atoms with E-state index in [4.69, 9.17) is 16.7 Å². The van der Waals surface area contributed by atoms with Crippen LogP contribution in [0.4, 0.5) is 5.69 Å². The molecule has 18 heavy (non-hydrogen) atoms. The third-order valence-electron chi connectivity index (χ3n) is 2.42. The van der Waals surface area contributed by atoms with Gasteiger partial charge in [0.2, 0.25) is 0 Å². The summed E-state index contributed by atoms with van der Waals surface area (Å²) < 4.78 is 0. The fourth-order valence-electron chi connectivity index (χ4n) is 1.61. The van der Waals surface area contributed by atoms with Gasteiger partial charge in [-0.2, -0.15) is 0 Å². The normalized spacial score (nSPS) is 10.6. The molecule has 0 amide bonds. The third-order valence-corrected chi connectivity index (χ3v) is 2.74. The summed E-state index contributed by atoms with van der Waals surface area (Å²) in [4.78, 5) is 12.2. The number of rotatable bonds is 7. The van der Waals surface area contributed by atoms with Gasteiger partial charge in [-0.1, -0.05) is 23.7 Å². The maximum Gasteiger partial charge on any atom is 0.288 e. The Kier molecular flexibility index (Phi) is 5.77. The van der Waals surface area contributed by atoms with Crippen molar-refractivity contribution in [1.29, 1.82) is 0 Å². The highest BCUT2D eigenvalue weighted by Gasteiger charge is 2.13. The first-order valence-electron chi connectivity index (χ1n) is 5.45. The quantitative estimate of drug-likeness (QED) is 0.469. The Balaban J connectivity index is 2.85. The number of benzene rings is 1. The fraction of sp³-hybridized carbons (Fsp3) is 0.333. The van der Waals surface area contributed by atoms with Crippen molar-refractivity contribution in [2.45, 2.75) is 6.54 Å². The predicted molar refractivity (Wildman–Crippen MR) is 70.7 cm³/mol. The minimum absolute atomic E-state index is 0.0313. The summed E-state index contributed by atoms with van der Waals surface area (Å²) in [6.45, 7) is 5.26. The van der Waals surface area contributed by atoms with E-state index in [1.807, 2.05) is 4.90 Å². The Labute approximate surface area is 110 Å². The van der Waals surface area contributed by atoms with E-state index in [1.165, 1.54) is 12.1 Å². The van der Waals surface area contributed by atoms with Crippen LogP contribution in [0.2, 0.25) is 5.02 Å². The molecule has 0 radical (unpaired) electrons. The smallest absolute Gasteiger partial charge is 0.288 e. The van der Waals surface area contributed by atoms with Crippen molar-refractivity contribution in [2.24, 2.45) is 0 Å². The Morgan fingerprint density at radius 1 is 1.56 bits per heavy atom. The lowest BCUT2D eigenvalue weighted by molar-refractivity contribution is -0.384. The molecule has 0 bridgehead atoms. The van der Waals surface area contributed by atoms with Gasteiger partial charge < -0.3 is 5.11 Å². The molecule has 0 unspecified atom stereocenters. The average Bonchev–Trinajstić information content (AvgIpc) is 2.32. The van der Waals surface area contributed by atoms with Gasteiger partial charge in [0.25, 0.3) is 5.69 Å². The van der Waals surface area contributed by atoms with E-state index in [1.54, 1.807) is 12.1 Å². The molecule has 0 saturated heterocycles. The van der Waals surface area contributed by atoms with E-state index in [2.05, 4.69) is 6.58 Å². The first-order valence-corrected chi connectivity index (χ1v) is 5.83. The minimum atomic E-state index is -0.504. The van der Waals surface area contributed by atoms with Gasteiger partial charge in [-0.05, 0) is 11.6 Å². The molecule has 0 aliphatic rings. The fourth-order valence-corrected chi connectivity index (χ4v) is 1.80. The third kappa shape index (κ3) is 4.10. The Morgan fingerprint density at radius 3 is 2.83 bits per heavy atom. The number of aliphatic hydroxyl groups is 1. The maximum absolute atomic E-state index is 10.8. The Hall–Kier alpha value is -1.43. The van der Waals surface area contributed by atoms with Crippen LogP contribution >= 0.6 is 11.6 Å². The van der Waals surface area contributed by atoms with Crippen LogP contribution in [0.1, 0.15) is 5.56 Å². The van der Waals surface area contributed by atoms with Crippen molar-refractivity contribution in [3.63, 3.8) is 0 Å². The van der Waals surface area contributed by atoms with Crippen LogP contribution < -0.4 is 0 Å². The van der Waals surface area contributed by atoms with Gasteiger partial charge >= 0.3 is 0 Å². The molecular formula is C12H15ClN2O3. The molecule has 1 rings (SSSR count). The van der Waals surface area contributed by atoms with Gasteiger partial charge in [-0.15, -0.1) is 6.58 Å². The number of hydrogen-bond acceptors (Lipinski definition) is 4. The molecule has 0 saturated carbocycles. The molecule has 0 aliphatic heterocycles. The van der Waals surface area contributed by atoms with E-state index in [0.717, 1.165) is 5.56 Å². The molecule has 0 fully saturated rings. The summed E-state index contributed by atoms with van der Waals surface area (Å²) in [7, 11) is 0. The lowest BCUT2D eigenvalue weighted by atomic mass is 10.2. The second-order valence-electron chi connectivity index (χ2n) is 3.79. The highest BCUT2D eigenvalue weighted by Crippen LogP contribution is 2.25. The van der Waals surface area contributed by atoms with Gasteiger partial charge in [-0.3, -0.25) is 15.0 Å². The van der Waals surface area contributed by atoms with Crippen molar-refractivity contribution in [1.82, 2.24) is 4.90 Å². The zero-order valence-corrected chi connectivity index (χ0v) is 10.6. The van der Waals surface area contributed by atoms with E-state index in [-0.39, 0.29) is 17.3 Å². The number of nitrogens with zero attached hydrogens (tertiary/aromatic N) is 2. The van der Waals surface area contributed by atoms with Gasteiger partial charge in [0.1, 0.15) is 5.02 Å². The first-order chi connectivity index (χ1) is 8.58. The van der Waals surface area contributed by atoms with Crippen molar-refractivity contribution in [3.05, 3.63) is 51.6 Å². The standard InChI is InChI=1S/C12H15ClN2O3/c1-2-5-14(6-7-16)9-10-3-4-11(13)12(8-10)15(17)18/h2-4,8,16H,1,5-7,9H2. The molecule has 1 N–H and O–H groups in total. The van der Waals surface area contributed by atoms with Gasteiger partial charge in [0, 0.05) is 25.7 Å². The SMILES string of the molecule is C=CCN(CCO)Cc1ccc(Cl)c([N+](=O)[O-])c1. The highest BCUT2D eigenvalue weighted by molar-refractivity contribution is 6.32. The van der Waals surface area contributed by atoms with E-state index in [0.29, 0.717) is 19.6 Å². The first kappa shape index (κ1) is 14.6. The van der Waals surface area contributed by atoms with Crippen molar-refractivity contribution in [3.8, 4) is 0 Å². The Morgan fingerprint density at radius 2 is 2.28 bits per heavy atom. The Bertz CT molecular complexity index is 437. The summed E-state index contributed by atoms with van der Waals surface area (Å²) in [6.07, 6.45) is 1.72. The van der Waals surface area contributed by atoms with Crippen LogP contribution in [-0.2, 0) is 6.54 Å². The van der Waals surface area contributed by atoms with Crippen LogP contribution in [-0.4, -0.2) is 34.6 Å². The highest BCUT2D eigenvalue weighted by atomic mass is 35.5. The van der Waals surface area contributed by atoms with Crippen molar-refractivity contribution < 1.29 is 10.0 Å². The number of nitro benzene ring substituents is 1. The summed E-state index contributed by atoms with van der Waals surface area (Å²) in [5, 5.41) is 19.8. The lowest BCUT2D eigenvalue weighted by Gasteiger charge is -2.19. The number of aliphatic hydroxyl groups excluding tert-OH is 1. The summed E-state index contributed by atoms with van der Waals surface area (Å²) in [5.74, 6) is 0. The van der Waals surface area contributed by atoms with Crippen LogP contribution in [0.3, 0.4) is 0 Å². The second-order valence-corrected chi connectivity index (χ2v) is 4.20. The van der Waals surface area contributed by atoms with Crippen molar-refractivity contribution >= 4 is 17.3 Å². The molecule has 0 aromatic heterocycles. The minimum Gasteiger partial charge on any atom is -0.395 e. The molecule has 5 nitrogen and oxygen atoms in total. The predicted octanol–water partition coefficient (Wildman–Crippen LogP) is 2.23. The zero-order valence-electron chi connectivity index (χ0n) is 9.88. The molecule has 1 aromatic rings. The number of halogens is 1. The summed E-state index contributed by atoms with van der Waals surface area (Å²) >= 11 is 5.74. The molecule has 0 heterocycles. The van der Waals surface area contributed by atoms with Crippen LogP contribution in [0.5, 0.6) is 0 Å². The topological polar surface area (TPSA) is 66.6 Å². The number of hydrogen-bond donors (Lipinski definition) is 1. The van der Waals surface area contributed by atoms with E-state index < -0.39 is 4.92 Å². The largest absolute Gasteiger partial charge is 0.395 e. The molecule has 0 atom stereocenters. The van der Waals surface area contributed by atoms with E-state index >= 15 is 0 Å². The maximum atomic E-state index is 10.8. The lowest BCUT2D eigenvalue weighted by Crippen LogP contribution is -2.26. The summed E-state index contributed by atoms with van der Waals surface area (Å²) in [5.41, 5.74) is 0.679. The van der Waals surface area contributed by atoms with Crippen molar-refractivity contribution in [2.75, 3.05) is 19.7 Å². The van der Waals surface area contributed by atoms with Crippen LogP contribution in [0.15, 0.2) is 30.9 Å². The van der Waals surface area contributed by atoms with Gasteiger partial charge in [0.05, 0.1) is 11.5 Å². The second kappa shape index (κ2) is 7.10. The van der Waals surface area contributed by atoms with Crippen LogP contribution in [0.25, 0.3) is 0 Å². The van der Waals surface area contributed by atoms with Gasteiger partial charge in [0.15, 0.2) is 0 Å². The number of nitro groups is 1. The monoisotopic (exact) mass is 270 g/mol. The molecule has 6 heteroatoms. The molecule has 1 aromatic carbocycles. The zero-order chi connectivity index (χ0) is 13.5. The average molecular weight is 271 g/mol. The molecule has 0 aliphatic carbocycles. The molecule has 0 spiro atoms.